The summed E-state index contributed by atoms with van der Waals surface area (Å²) in [5, 5.41) is 77.6. The van der Waals surface area contributed by atoms with Gasteiger partial charge in [-0.1, -0.05) is 0 Å². The Balaban J connectivity index is 7.06. The maximum absolute atomic E-state index is 14.4. The van der Waals surface area contributed by atoms with Crippen molar-refractivity contribution in [3.05, 3.63) is 0 Å². The van der Waals surface area contributed by atoms with E-state index in [1.54, 1.807) is 0 Å². The fourth-order valence-electron chi connectivity index (χ4n) is 7.18. The second-order valence-corrected chi connectivity index (χ2v) is 17.7. The molecule has 78 heavy (non-hydrogen) atoms. The van der Waals surface area contributed by atoms with Crippen molar-refractivity contribution in [1.82, 2.24) is 63.8 Å². The highest BCUT2D eigenvalue weighted by molar-refractivity contribution is 5.97. The number of nitrogens with two attached hydrogens (primary N) is 8. The number of carbonyl (C=O) groups is 9. The molecule has 0 aromatic carbocycles. The smallest absolute Gasteiger partial charge is 0.326 e. The number of unbranched alkanes of at least 4 members (excludes halogenated alkanes) is 1. The molecule has 35 nitrogen and oxygen atoms in total. The molecule has 0 rings (SSSR count). The monoisotopic (exact) mass is 1110 g/mol. The number of hydrogen-bond acceptors (Lipinski definition) is 16. The van der Waals surface area contributed by atoms with Gasteiger partial charge < -0.3 is 115 Å². The zero-order valence-corrected chi connectivity index (χ0v) is 43.8. The van der Waals surface area contributed by atoms with Gasteiger partial charge in [0.25, 0.3) is 0 Å². The molecule has 0 bridgehead atoms. The van der Waals surface area contributed by atoms with Crippen molar-refractivity contribution in [1.29, 1.82) is 27.0 Å². The Morgan fingerprint density at radius 3 is 0.833 bits per heavy atom. The summed E-state index contributed by atoms with van der Waals surface area (Å²) < 4.78 is 0. The first-order valence-corrected chi connectivity index (χ1v) is 25.2. The number of rotatable bonds is 42. The Morgan fingerprint density at radius 2 is 0.590 bits per heavy atom. The number of carbonyl (C=O) groups excluding carboxylic acids is 8. The van der Waals surface area contributed by atoms with Gasteiger partial charge >= 0.3 is 5.97 Å². The second-order valence-electron chi connectivity index (χ2n) is 17.7. The molecule has 0 saturated carbocycles. The third-order valence-electron chi connectivity index (χ3n) is 11.2. The summed E-state index contributed by atoms with van der Waals surface area (Å²) in [5.74, 6) is -10.4. The molecule has 0 saturated heterocycles. The topological polar surface area (TPSA) is 646 Å². The molecule has 442 valence electrons. The summed E-state index contributed by atoms with van der Waals surface area (Å²) >= 11 is 0. The number of guanidine groups is 5. The second kappa shape index (κ2) is 39.8. The van der Waals surface area contributed by atoms with Crippen LogP contribution in [0.1, 0.15) is 96.3 Å². The van der Waals surface area contributed by atoms with Crippen molar-refractivity contribution in [3.8, 4) is 0 Å². The van der Waals surface area contributed by atoms with Gasteiger partial charge in [0.05, 0.1) is 6.54 Å². The average molecular weight is 1110 g/mol. The SMILES string of the molecule is N=C(N)NCCC[C@H](NC(=O)[C@H](CCCNC(=N)N)NC(=O)[C@H](CCC(N)=O)NC(=O)[C@H](CCCNC(=N)N)NC(=O)[C@H](CCCNC(=N)N)NC(=O)[C@H](CCCCN)NC(=O)[C@H](CCCNC(=N)N)NC(=O)CN)C(=O)O. The van der Waals surface area contributed by atoms with E-state index in [9.17, 15) is 48.3 Å². The lowest BCUT2D eigenvalue weighted by atomic mass is 10.0. The highest BCUT2D eigenvalue weighted by atomic mass is 16.4. The first kappa shape index (κ1) is 69.5. The molecule has 0 unspecified atom stereocenters. The number of primary amides is 1. The Kier molecular flexibility index (Phi) is 35.5. The minimum Gasteiger partial charge on any atom is -0.480 e. The number of carboxylic acids is 1. The summed E-state index contributed by atoms with van der Waals surface area (Å²) in [6, 6.07) is -10.1. The Bertz CT molecular complexity index is 2030. The molecule has 7 atom stereocenters. The standard InChI is InChI=1S/C43H85N25O10/c44-16-2-1-8-24(63-32(71)23(62-31(70)22-45)9-3-17-57-39(47)48)33(72)64-25(10-4-18-58-40(49)50)34(73)65-26(11-5-19-59-41(51)52)35(74)67-28(14-15-30(46)69)37(76)66-27(12-6-20-60-42(53)54)36(75)68-29(38(77)78)13-7-21-61-43(55)56/h23-29H,1-22,44-45H2,(H2,46,69)(H,62,70)(H,63,71)(H,64,72)(H,65,73)(H,66,76)(H,67,74)(H,68,75)(H,77,78)(H4,47,48,57)(H4,49,50,58)(H4,51,52,59)(H4,53,54,60)(H4,55,56,61)/t23-,24-,25-,26-,27-,28-,29-/m0/s1. The normalized spacial score (nSPS) is 13.3. The summed E-state index contributed by atoms with van der Waals surface area (Å²) in [7, 11) is 0. The first-order valence-electron chi connectivity index (χ1n) is 25.2. The molecular formula is C43H85N25O10. The number of carboxylic acid groups (broad SMARTS) is 1. The van der Waals surface area contributed by atoms with Gasteiger partial charge in [0, 0.05) is 39.1 Å². The van der Waals surface area contributed by atoms with E-state index in [0.717, 1.165) is 0 Å². The molecule has 0 aliphatic rings. The molecule has 34 N–H and O–H groups in total. The molecule has 0 radical (unpaired) electrons. The van der Waals surface area contributed by atoms with Crippen molar-refractivity contribution < 1.29 is 48.3 Å². The van der Waals surface area contributed by atoms with Crippen LogP contribution in [0, 0.1) is 27.0 Å². The largest absolute Gasteiger partial charge is 0.480 e. The lowest BCUT2D eigenvalue weighted by Gasteiger charge is -2.28. The van der Waals surface area contributed by atoms with Crippen LogP contribution in [0.25, 0.3) is 0 Å². The summed E-state index contributed by atoms with van der Waals surface area (Å²) in [6.07, 6.45) is -0.0870. The third kappa shape index (κ3) is 33.4. The zero-order valence-electron chi connectivity index (χ0n) is 43.8. The highest BCUT2D eigenvalue weighted by Gasteiger charge is 2.34. The van der Waals surface area contributed by atoms with Crippen molar-refractivity contribution in [2.75, 3.05) is 45.8 Å². The van der Waals surface area contributed by atoms with Crippen LogP contribution in [0.4, 0.5) is 0 Å². The Labute approximate surface area is 451 Å². The molecule has 0 spiro atoms. The van der Waals surface area contributed by atoms with E-state index in [2.05, 4.69) is 63.8 Å². The van der Waals surface area contributed by atoms with Crippen LogP contribution in [-0.2, 0) is 43.2 Å². The van der Waals surface area contributed by atoms with Crippen LogP contribution in [0.3, 0.4) is 0 Å². The maximum atomic E-state index is 14.4. The molecule has 8 amide bonds. The number of nitrogens with one attached hydrogen (secondary N) is 17. The number of amides is 8. The van der Waals surface area contributed by atoms with Crippen LogP contribution < -0.4 is 110 Å². The van der Waals surface area contributed by atoms with Crippen molar-refractivity contribution in [3.63, 3.8) is 0 Å². The number of aliphatic carboxylic acids is 1. The van der Waals surface area contributed by atoms with Gasteiger partial charge in [-0.2, -0.15) is 0 Å². The van der Waals surface area contributed by atoms with Gasteiger partial charge in [0.15, 0.2) is 29.8 Å². The Hall–Kier alpha value is -8.50. The van der Waals surface area contributed by atoms with Gasteiger partial charge in [-0.05, 0) is 96.4 Å². The van der Waals surface area contributed by atoms with Gasteiger partial charge in [-0.25, -0.2) is 4.79 Å². The molecule has 0 aliphatic heterocycles. The fraction of sp³-hybridized carbons (Fsp3) is 0.674. The third-order valence-corrected chi connectivity index (χ3v) is 11.2. The fourth-order valence-corrected chi connectivity index (χ4v) is 7.18. The summed E-state index contributed by atoms with van der Waals surface area (Å²) in [6.45, 7) is 0.163. The van der Waals surface area contributed by atoms with E-state index in [4.69, 9.17) is 72.9 Å². The molecule has 0 heterocycles. The zero-order chi connectivity index (χ0) is 59.2. The summed E-state index contributed by atoms with van der Waals surface area (Å²) in [5.41, 5.74) is 43.6. The van der Waals surface area contributed by atoms with Crippen LogP contribution in [0.15, 0.2) is 0 Å². The predicted octanol–water partition coefficient (Wildman–Crippen LogP) is -8.87. The van der Waals surface area contributed by atoms with Gasteiger partial charge in [-0.15, -0.1) is 0 Å². The van der Waals surface area contributed by atoms with E-state index < -0.39 is 133 Å². The molecule has 0 aliphatic carbocycles. The van der Waals surface area contributed by atoms with E-state index in [-0.39, 0.29) is 122 Å². The van der Waals surface area contributed by atoms with Crippen LogP contribution in [0.5, 0.6) is 0 Å². The first-order chi connectivity index (χ1) is 36.8. The molecule has 35 heteroatoms. The van der Waals surface area contributed by atoms with E-state index in [1.807, 2.05) is 0 Å². The van der Waals surface area contributed by atoms with Crippen molar-refractivity contribution in [2.45, 2.75) is 139 Å². The quantitative estimate of drug-likeness (QED) is 0.0153. The van der Waals surface area contributed by atoms with Crippen LogP contribution in [0.2, 0.25) is 0 Å². The average Bonchev–Trinajstić information content (AvgIpc) is 3.35. The minimum absolute atomic E-state index is 0.0132. The van der Waals surface area contributed by atoms with Crippen molar-refractivity contribution >= 4 is 83.0 Å². The van der Waals surface area contributed by atoms with Crippen LogP contribution in [-0.4, -0.2) is 176 Å². The molecular weight excluding hydrogens is 1030 g/mol. The number of hydrogen-bond donors (Lipinski definition) is 26. The predicted molar refractivity (Wildman–Crippen MR) is 287 cm³/mol. The highest BCUT2D eigenvalue weighted by Crippen LogP contribution is 2.10. The van der Waals surface area contributed by atoms with E-state index in [1.165, 1.54) is 0 Å². The maximum Gasteiger partial charge on any atom is 0.326 e. The van der Waals surface area contributed by atoms with Crippen LogP contribution >= 0.6 is 0 Å². The lowest BCUT2D eigenvalue weighted by molar-refractivity contribution is -0.142. The summed E-state index contributed by atoms with van der Waals surface area (Å²) in [4.78, 5) is 121. The minimum atomic E-state index is -1.63. The molecule has 0 fully saturated rings. The van der Waals surface area contributed by atoms with Gasteiger partial charge in [0.1, 0.15) is 42.3 Å². The van der Waals surface area contributed by atoms with Gasteiger partial charge in [0.2, 0.25) is 47.3 Å². The van der Waals surface area contributed by atoms with E-state index >= 15 is 0 Å². The van der Waals surface area contributed by atoms with Crippen molar-refractivity contribution in [2.24, 2.45) is 45.9 Å². The van der Waals surface area contributed by atoms with E-state index in [0.29, 0.717) is 12.8 Å². The lowest BCUT2D eigenvalue weighted by Crippen LogP contribution is -2.60. The van der Waals surface area contributed by atoms with Gasteiger partial charge in [-0.3, -0.25) is 65.4 Å². The molecule has 0 aromatic rings. The Morgan fingerprint density at radius 1 is 0.346 bits per heavy atom. The molecule has 0 aromatic heterocycles.